The van der Waals surface area contributed by atoms with Crippen LogP contribution in [0.2, 0.25) is 0 Å². The molecule has 0 aliphatic carbocycles. The number of hydrogen-bond acceptors (Lipinski definition) is 2. The highest BCUT2D eigenvalue weighted by molar-refractivity contribution is 4.84. The second kappa shape index (κ2) is 6.61. The van der Waals surface area contributed by atoms with Crippen LogP contribution in [0.3, 0.4) is 0 Å². The van der Waals surface area contributed by atoms with Crippen molar-refractivity contribution in [2.75, 3.05) is 26.7 Å². The summed E-state index contributed by atoms with van der Waals surface area (Å²) in [6, 6.07) is 0.719. The quantitative estimate of drug-likeness (QED) is 0.749. The first kappa shape index (κ1) is 14.0. The van der Waals surface area contributed by atoms with Crippen molar-refractivity contribution in [1.29, 1.82) is 0 Å². The molecule has 1 N–H and O–H groups in total. The van der Waals surface area contributed by atoms with Gasteiger partial charge in [-0.3, -0.25) is 0 Å². The molecule has 2 nitrogen and oxygen atoms in total. The van der Waals surface area contributed by atoms with Crippen LogP contribution in [0.25, 0.3) is 0 Å². The average molecular weight is 226 g/mol. The average Bonchev–Trinajstić information content (AvgIpc) is 2.36. The second-order valence-electron chi connectivity index (χ2n) is 5.42. The molecule has 0 aromatic carbocycles. The number of likely N-dealkylation sites (tertiary alicyclic amines) is 1. The van der Waals surface area contributed by atoms with Gasteiger partial charge < -0.3 is 10.2 Å². The fourth-order valence-corrected chi connectivity index (χ4v) is 2.99. The topological polar surface area (TPSA) is 15.3 Å². The number of nitrogens with one attached hydrogen (secondary N) is 1. The van der Waals surface area contributed by atoms with E-state index in [-0.39, 0.29) is 0 Å². The Balaban J connectivity index is 2.50. The molecule has 1 rings (SSSR count). The Morgan fingerprint density at radius 3 is 2.31 bits per heavy atom. The van der Waals surface area contributed by atoms with E-state index in [1.165, 1.54) is 51.7 Å². The van der Waals surface area contributed by atoms with Crippen molar-refractivity contribution >= 4 is 0 Å². The largest absolute Gasteiger partial charge is 0.316 e. The Kier molecular flexibility index (Phi) is 5.77. The van der Waals surface area contributed by atoms with Crippen LogP contribution in [-0.2, 0) is 0 Å². The van der Waals surface area contributed by atoms with E-state index < -0.39 is 0 Å². The lowest BCUT2D eigenvalue weighted by Crippen LogP contribution is -2.48. The molecule has 1 atom stereocenters. The van der Waals surface area contributed by atoms with Crippen molar-refractivity contribution in [3.63, 3.8) is 0 Å². The van der Waals surface area contributed by atoms with Gasteiger partial charge in [0.2, 0.25) is 0 Å². The van der Waals surface area contributed by atoms with E-state index in [0.29, 0.717) is 5.41 Å². The van der Waals surface area contributed by atoms with Gasteiger partial charge in [-0.25, -0.2) is 0 Å². The van der Waals surface area contributed by atoms with Crippen LogP contribution in [-0.4, -0.2) is 37.6 Å². The Bertz CT molecular complexity index is 179. The minimum atomic E-state index is 0.565. The Labute approximate surface area is 102 Å². The van der Waals surface area contributed by atoms with E-state index in [1.54, 1.807) is 0 Å². The Morgan fingerprint density at radius 1 is 1.19 bits per heavy atom. The third-order valence-electron chi connectivity index (χ3n) is 4.72. The number of piperidine rings is 1. The Morgan fingerprint density at radius 2 is 1.81 bits per heavy atom. The molecule has 1 aliphatic rings. The standard InChI is InChI=1S/C14H30N2/c1-5-14(6-2,7-3)12-16-10-8-9-13(11-16)15-4/h13,15H,5-12H2,1-4H3. The smallest absolute Gasteiger partial charge is 0.0192 e. The summed E-state index contributed by atoms with van der Waals surface area (Å²) in [7, 11) is 2.10. The molecule has 0 radical (unpaired) electrons. The number of nitrogens with zero attached hydrogens (tertiary/aromatic N) is 1. The summed E-state index contributed by atoms with van der Waals surface area (Å²) in [5.41, 5.74) is 0.565. The third-order valence-corrected chi connectivity index (χ3v) is 4.72. The monoisotopic (exact) mass is 226 g/mol. The van der Waals surface area contributed by atoms with Gasteiger partial charge in [0.1, 0.15) is 0 Å². The van der Waals surface area contributed by atoms with Gasteiger partial charge in [-0.1, -0.05) is 20.8 Å². The van der Waals surface area contributed by atoms with Gasteiger partial charge >= 0.3 is 0 Å². The fraction of sp³-hybridized carbons (Fsp3) is 1.00. The van der Waals surface area contributed by atoms with Crippen LogP contribution in [0.5, 0.6) is 0 Å². The summed E-state index contributed by atoms with van der Waals surface area (Å²) in [6.07, 6.45) is 6.67. The molecule has 16 heavy (non-hydrogen) atoms. The minimum absolute atomic E-state index is 0.565. The summed E-state index contributed by atoms with van der Waals surface area (Å²) in [5.74, 6) is 0. The van der Waals surface area contributed by atoms with Crippen LogP contribution in [0, 0.1) is 5.41 Å². The lowest BCUT2D eigenvalue weighted by Gasteiger charge is -2.40. The van der Waals surface area contributed by atoms with Crippen LogP contribution >= 0.6 is 0 Å². The van der Waals surface area contributed by atoms with Gasteiger partial charge in [0.05, 0.1) is 0 Å². The molecule has 0 bridgehead atoms. The van der Waals surface area contributed by atoms with Crippen molar-refractivity contribution in [3.8, 4) is 0 Å². The first-order valence-corrected chi connectivity index (χ1v) is 7.09. The van der Waals surface area contributed by atoms with Gasteiger partial charge in [0, 0.05) is 19.1 Å². The van der Waals surface area contributed by atoms with Gasteiger partial charge in [-0.05, 0) is 51.1 Å². The van der Waals surface area contributed by atoms with E-state index in [1.807, 2.05) is 0 Å². The highest BCUT2D eigenvalue weighted by Gasteiger charge is 2.29. The van der Waals surface area contributed by atoms with E-state index in [0.717, 1.165) is 6.04 Å². The Hall–Kier alpha value is -0.0800. The second-order valence-corrected chi connectivity index (χ2v) is 5.42. The SMILES string of the molecule is CCC(CC)(CC)CN1CCCC(NC)C1. The molecule has 0 amide bonds. The molecule has 1 saturated heterocycles. The molecule has 1 unspecified atom stereocenters. The molecular weight excluding hydrogens is 196 g/mol. The maximum Gasteiger partial charge on any atom is 0.0192 e. The molecule has 2 heteroatoms. The van der Waals surface area contributed by atoms with Crippen LogP contribution in [0.1, 0.15) is 52.9 Å². The first-order chi connectivity index (χ1) is 7.69. The van der Waals surface area contributed by atoms with Crippen molar-refractivity contribution in [2.45, 2.75) is 58.9 Å². The summed E-state index contributed by atoms with van der Waals surface area (Å²) in [6.45, 7) is 10.9. The first-order valence-electron chi connectivity index (χ1n) is 7.09. The predicted molar refractivity (Wildman–Crippen MR) is 71.8 cm³/mol. The van der Waals surface area contributed by atoms with Gasteiger partial charge in [-0.15, -0.1) is 0 Å². The summed E-state index contributed by atoms with van der Waals surface area (Å²) < 4.78 is 0. The normalized spacial score (nSPS) is 23.6. The van der Waals surface area contributed by atoms with E-state index in [9.17, 15) is 0 Å². The molecule has 1 heterocycles. The number of rotatable bonds is 6. The van der Waals surface area contributed by atoms with Crippen molar-refractivity contribution < 1.29 is 0 Å². The molecule has 0 saturated carbocycles. The lowest BCUT2D eigenvalue weighted by atomic mass is 9.79. The van der Waals surface area contributed by atoms with E-state index in [4.69, 9.17) is 0 Å². The van der Waals surface area contributed by atoms with Gasteiger partial charge in [-0.2, -0.15) is 0 Å². The molecule has 1 fully saturated rings. The van der Waals surface area contributed by atoms with Crippen molar-refractivity contribution in [1.82, 2.24) is 10.2 Å². The lowest BCUT2D eigenvalue weighted by molar-refractivity contribution is 0.102. The van der Waals surface area contributed by atoms with E-state index >= 15 is 0 Å². The van der Waals surface area contributed by atoms with Gasteiger partial charge in [0.15, 0.2) is 0 Å². The number of hydrogen-bond donors (Lipinski definition) is 1. The predicted octanol–water partition coefficient (Wildman–Crippen LogP) is 2.89. The minimum Gasteiger partial charge on any atom is -0.316 e. The molecule has 0 spiro atoms. The zero-order valence-corrected chi connectivity index (χ0v) is 11.7. The summed E-state index contributed by atoms with van der Waals surface area (Å²) in [5, 5.41) is 3.43. The highest BCUT2D eigenvalue weighted by atomic mass is 15.2. The van der Waals surface area contributed by atoms with Crippen molar-refractivity contribution in [2.24, 2.45) is 5.41 Å². The van der Waals surface area contributed by atoms with Crippen LogP contribution in [0.4, 0.5) is 0 Å². The highest BCUT2D eigenvalue weighted by Crippen LogP contribution is 2.32. The van der Waals surface area contributed by atoms with Gasteiger partial charge in [0.25, 0.3) is 0 Å². The molecule has 0 aromatic rings. The van der Waals surface area contributed by atoms with Crippen LogP contribution in [0.15, 0.2) is 0 Å². The molecule has 0 aromatic heterocycles. The van der Waals surface area contributed by atoms with E-state index in [2.05, 4.69) is 38.0 Å². The summed E-state index contributed by atoms with van der Waals surface area (Å²) >= 11 is 0. The third kappa shape index (κ3) is 3.46. The maximum atomic E-state index is 3.43. The van der Waals surface area contributed by atoms with Crippen molar-refractivity contribution in [3.05, 3.63) is 0 Å². The molecule has 96 valence electrons. The summed E-state index contributed by atoms with van der Waals surface area (Å²) in [4.78, 5) is 2.68. The zero-order valence-electron chi connectivity index (χ0n) is 11.7. The molecular formula is C14H30N2. The fourth-order valence-electron chi connectivity index (χ4n) is 2.99. The van der Waals surface area contributed by atoms with Crippen LogP contribution < -0.4 is 5.32 Å². The molecule has 1 aliphatic heterocycles. The number of likely N-dealkylation sites (N-methyl/N-ethyl adjacent to an activating group) is 1. The maximum absolute atomic E-state index is 3.43. The zero-order chi connectivity index (χ0) is 12.0.